The minimum atomic E-state index is 0.161. The van der Waals surface area contributed by atoms with E-state index < -0.39 is 0 Å². The molecule has 0 atom stereocenters. The largest absolute Gasteiger partial charge is 0.342 e. The fourth-order valence-corrected chi connectivity index (χ4v) is 2.45. The van der Waals surface area contributed by atoms with Gasteiger partial charge in [-0.1, -0.05) is 11.6 Å². The summed E-state index contributed by atoms with van der Waals surface area (Å²) in [6.45, 7) is 2.63. The molecule has 1 amide bonds. The van der Waals surface area contributed by atoms with Gasteiger partial charge in [-0.05, 0) is 32.0 Å². The Kier molecular flexibility index (Phi) is 5.17. The molecule has 20 heavy (non-hydrogen) atoms. The molecule has 0 bridgehead atoms. The Labute approximate surface area is 123 Å². The summed E-state index contributed by atoms with van der Waals surface area (Å²) < 4.78 is 0. The second kappa shape index (κ2) is 6.88. The highest BCUT2D eigenvalue weighted by Gasteiger charge is 2.19. The summed E-state index contributed by atoms with van der Waals surface area (Å²) >= 11 is 6.11. The van der Waals surface area contributed by atoms with Gasteiger partial charge in [-0.2, -0.15) is 0 Å². The maximum Gasteiger partial charge on any atom is 0.236 e. The first-order valence-corrected chi connectivity index (χ1v) is 7.06. The van der Waals surface area contributed by atoms with Gasteiger partial charge in [0.15, 0.2) is 0 Å². The summed E-state index contributed by atoms with van der Waals surface area (Å²) in [5.41, 5.74) is 3.20. The number of rotatable bonds is 5. The van der Waals surface area contributed by atoms with Gasteiger partial charge in [0.1, 0.15) is 5.82 Å². The van der Waals surface area contributed by atoms with Crippen molar-refractivity contribution in [3.63, 3.8) is 0 Å². The van der Waals surface area contributed by atoms with Gasteiger partial charge in [0.25, 0.3) is 0 Å². The van der Waals surface area contributed by atoms with E-state index in [1.165, 1.54) is 0 Å². The number of hydrogen-bond donors (Lipinski definition) is 2. The number of nitrogens with zero attached hydrogens (tertiary/aromatic N) is 3. The van der Waals surface area contributed by atoms with Crippen LogP contribution in [0.2, 0.25) is 5.02 Å². The first-order valence-electron chi connectivity index (χ1n) is 6.68. The number of amides is 1. The number of aromatic nitrogens is 1. The van der Waals surface area contributed by atoms with Crippen LogP contribution in [0.4, 0.5) is 5.82 Å². The van der Waals surface area contributed by atoms with E-state index in [1.807, 2.05) is 16.8 Å². The second-order valence-corrected chi connectivity index (χ2v) is 5.44. The zero-order valence-corrected chi connectivity index (χ0v) is 12.4. The molecule has 1 fully saturated rings. The van der Waals surface area contributed by atoms with Crippen molar-refractivity contribution in [2.75, 3.05) is 32.1 Å². The van der Waals surface area contributed by atoms with Crippen LogP contribution >= 0.6 is 11.6 Å². The molecule has 2 rings (SSSR count). The van der Waals surface area contributed by atoms with Crippen LogP contribution < -0.4 is 11.3 Å². The average molecular weight is 298 g/mol. The maximum atomic E-state index is 12.1. The Bertz CT molecular complexity index is 476. The van der Waals surface area contributed by atoms with E-state index >= 15 is 0 Å². The van der Waals surface area contributed by atoms with Crippen LogP contribution in [-0.4, -0.2) is 47.4 Å². The van der Waals surface area contributed by atoms with Gasteiger partial charge in [0, 0.05) is 19.6 Å². The van der Waals surface area contributed by atoms with Crippen LogP contribution in [0.1, 0.15) is 18.5 Å². The van der Waals surface area contributed by atoms with Crippen molar-refractivity contribution in [3.05, 3.63) is 22.8 Å². The van der Waals surface area contributed by atoms with Gasteiger partial charge in [-0.15, -0.1) is 0 Å². The van der Waals surface area contributed by atoms with Crippen LogP contribution in [0.3, 0.4) is 0 Å². The lowest BCUT2D eigenvalue weighted by atomic mass is 10.3. The van der Waals surface area contributed by atoms with Gasteiger partial charge in [-0.3, -0.25) is 9.69 Å². The van der Waals surface area contributed by atoms with Crippen LogP contribution in [0.5, 0.6) is 0 Å². The number of likely N-dealkylation sites (N-methyl/N-ethyl adjacent to an activating group) is 1. The molecular weight excluding hydrogens is 278 g/mol. The molecule has 1 aromatic heterocycles. The second-order valence-electron chi connectivity index (χ2n) is 5.03. The normalized spacial score (nSPS) is 14.9. The lowest BCUT2D eigenvalue weighted by Crippen LogP contribution is -2.37. The number of hydrogen-bond acceptors (Lipinski definition) is 5. The zero-order valence-electron chi connectivity index (χ0n) is 11.6. The molecular formula is C13H20ClN5O. The van der Waals surface area contributed by atoms with Crippen LogP contribution in [-0.2, 0) is 11.3 Å². The molecule has 6 nitrogen and oxygen atoms in total. The predicted molar refractivity (Wildman–Crippen MR) is 79.2 cm³/mol. The van der Waals surface area contributed by atoms with Crippen molar-refractivity contribution in [1.29, 1.82) is 0 Å². The minimum Gasteiger partial charge on any atom is -0.342 e. The zero-order chi connectivity index (χ0) is 14.5. The molecule has 1 saturated heterocycles. The Balaban J connectivity index is 1.93. The molecule has 0 aliphatic carbocycles. The van der Waals surface area contributed by atoms with E-state index in [1.54, 1.807) is 12.1 Å². The van der Waals surface area contributed by atoms with Gasteiger partial charge in [0.05, 0.1) is 17.3 Å². The molecule has 1 aliphatic heterocycles. The van der Waals surface area contributed by atoms with E-state index in [9.17, 15) is 4.79 Å². The van der Waals surface area contributed by atoms with Crippen molar-refractivity contribution in [2.24, 2.45) is 5.84 Å². The number of carbonyl (C=O) groups excluding carboxylic acids is 1. The molecule has 0 aromatic carbocycles. The first kappa shape index (κ1) is 15.0. The number of halogens is 1. The summed E-state index contributed by atoms with van der Waals surface area (Å²) in [7, 11) is 1.88. The number of likely N-dealkylation sites (tertiary alicyclic amines) is 1. The van der Waals surface area contributed by atoms with Crippen molar-refractivity contribution in [1.82, 2.24) is 14.8 Å². The standard InChI is InChI=1S/C13H20ClN5O/c1-18(9-13(20)19-6-2-3-7-19)8-11-10(14)4-5-12(16-11)17-15/h4-5H,2-3,6-9,15H2,1H3,(H,16,17). The minimum absolute atomic E-state index is 0.161. The highest BCUT2D eigenvalue weighted by atomic mass is 35.5. The molecule has 0 saturated carbocycles. The molecule has 3 N–H and O–H groups in total. The number of hydrazine groups is 1. The van der Waals surface area contributed by atoms with E-state index in [4.69, 9.17) is 17.4 Å². The predicted octanol–water partition coefficient (Wildman–Crippen LogP) is 1.07. The van der Waals surface area contributed by atoms with Gasteiger partial charge >= 0.3 is 0 Å². The topological polar surface area (TPSA) is 74.5 Å². The highest BCUT2D eigenvalue weighted by molar-refractivity contribution is 6.31. The van der Waals surface area contributed by atoms with Crippen LogP contribution in [0, 0.1) is 0 Å². The third-order valence-electron chi connectivity index (χ3n) is 3.35. The average Bonchev–Trinajstić information content (AvgIpc) is 2.95. The Morgan fingerprint density at radius 3 is 2.85 bits per heavy atom. The summed E-state index contributed by atoms with van der Waals surface area (Å²) in [5.74, 6) is 6.05. The van der Waals surface area contributed by atoms with E-state index in [2.05, 4.69) is 10.4 Å². The lowest BCUT2D eigenvalue weighted by molar-refractivity contribution is -0.131. The Morgan fingerprint density at radius 2 is 2.20 bits per heavy atom. The fourth-order valence-electron chi connectivity index (χ4n) is 2.28. The number of pyridine rings is 1. The summed E-state index contributed by atoms with van der Waals surface area (Å²) in [5, 5.41) is 0.574. The van der Waals surface area contributed by atoms with Crippen molar-refractivity contribution < 1.29 is 4.79 Å². The lowest BCUT2D eigenvalue weighted by Gasteiger charge is -2.21. The molecule has 7 heteroatoms. The van der Waals surface area contributed by atoms with Crippen molar-refractivity contribution in [3.8, 4) is 0 Å². The molecule has 0 spiro atoms. The van der Waals surface area contributed by atoms with E-state index in [0.29, 0.717) is 29.6 Å². The molecule has 0 radical (unpaired) electrons. The molecule has 1 aromatic rings. The maximum absolute atomic E-state index is 12.1. The van der Waals surface area contributed by atoms with Crippen molar-refractivity contribution in [2.45, 2.75) is 19.4 Å². The molecule has 110 valence electrons. The van der Waals surface area contributed by atoms with Gasteiger partial charge in [-0.25, -0.2) is 10.8 Å². The van der Waals surface area contributed by atoms with Gasteiger partial charge < -0.3 is 10.3 Å². The van der Waals surface area contributed by atoms with Crippen molar-refractivity contribution >= 4 is 23.3 Å². The summed E-state index contributed by atoms with van der Waals surface area (Å²) in [6, 6.07) is 3.45. The quantitative estimate of drug-likeness (QED) is 0.628. The smallest absolute Gasteiger partial charge is 0.236 e. The number of nitrogens with one attached hydrogen (secondary N) is 1. The molecule has 2 heterocycles. The SMILES string of the molecule is CN(CC(=O)N1CCCC1)Cc1nc(NN)ccc1Cl. The summed E-state index contributed by atoms with van der Waals surface area (Å²) in [4.78, 5) is 20.2. The van der Waals surface area contributed by atoms with E-state index in [-0.39, 0.29) is 5.91 Å². The number of nitrogens with two attached hydrogens (primary N) is 1. The third kappa shape index (κ3) is 3.82. The molecule has 0 unspecified atom stereocenters. The number of nitrogen functional groups attached to an aromatic ring is 1. The summed E-state index contributed by atoms with van der Waals surface area (Å²) in [6.07, 6.45) is 2.21. The molecule has 1 aliphatic rings. The Hall–Kier alpha value is -1.37. The number of carbonyl (C=O) groups is 1. The number of anilines is 1. The monoisotopic (exact) mass is 297 g/mol. The Morgan fingerprint density at radius 1 is 1.50 bits per heavy atom. The van der Waals surface area contributed by atoms with E-state index in [0.717, 1.165) is 25.9 Å². The van der Waals surface area contributed by atoms with Crippen LogP contribution in [0.25, 0.3) is 0 Å². The van der Waals surface area contributed by atoms with Crippen LogP contribution in [0.15, 0.2) is 12.1 Å². The first-order chi connectivity index (χ1) is 9.60. The fraction of sp³-hybridized carbons (Fsp3) is 0.538. The van der Waals surface area contributed by atoms with Gasteiger partial charge in [0.2, 0.25) is 5.91 Å². The third-order valence-corrected chi connectivity index (χ3v) is 3.69. The highest BCUT2D eigenvalue weighted by Crippen LogP contribution is 2.17.